The van der Waals surface area contributed by atoms with Gasteiger partial charge in [-0.3, -0.25) is 4.79 Å². The van der Waals surface area contributed by atoms with Gasteiger partial charge in [0.25, 0.3) is 5.91 Å². The Balaban J connectivity index is 1.60. The van der Waals surface area contributed by atoms with E-state index in [1.807, 2.05) is 36.1 Å². The van der Waals surface area contributed by atoms with Crippen molar-refractivity contribution in [2.24, 2.45) is 0 Å². The zero-order chi connectivity index (χ0) is 17.1. The van der Waals surface area contributed by atoms with Crippen molar-refractivity contribution in [1.82, 2.24) is 4.90 Å². The number of rotatable bonds is 3. The molecule has 1 aliphatic heterocycles. The molecule has 5 nitrogen and oxygen atoms in total. The molecule has 0 bridgehead atoms. The molecule has 0 saturated carbocycles. The van der Waals surface area contributed by atoms with Crippen LogP contribution in [-0.4, -0.2) is 30.0 Å². The molecule has 0 radical (unpaired) electrons. The molecule has 0 aliphatic carbocycles. The number of carbonyl (C=O) groups excluding carboxylic acids is 1. The van der Waals surface area contributed by atoms with Gasteiger partial charge < -0.3 is 14.1 Å². The fourth-order valence-corrected chi connectivity index (χ4v) is 3.00. The molecule has 126 valence electrons. The summed E-state index contributed by atoms with van der Waals surface area (Å²) in [6.07, 6.45) is 1.50. The van der Waals surface area contributed by atoms with E-state index in [1.54, 1.807) is 13.0 Å². The molecule has 1 saturated heterocycles. The topological polar surface area (TPSA) is 59.8 Å². The van der Waals surface area contributed by atoms with Crippen LogP contribution in [-0.2, 0) is 0 Å². The first-order valence-corrected chi connectivity index (χ1v) is 8.16. The highest BCUT2D eigenvalue weighted by Crippen LogP contribution is 2.20. The normalized spacial score (nSPS) is 15.3. The number of piperidine rings is 1. The summed E-state index contributed by atoms with van der Waals surface area (Å²) in [6.45, 7) is 4.97. The molecule has 5 heteroatoms. The number of hydrogen-bond donors (Lipinski definition) is 0. The number of ether oxygens (including phenoxy) is 1. The van der Waals surface area contributed by atoms with Crippen LogP contribution in [0.4, 0.5) is 0 Å². The Bertz CT molecular complexity index is 788. The van der Waals surface area contributed by atoms with E-state index < -0.39 is 5.63 Å². The molecule has 3 rings (SSSR count). The van der Waals surface area contributed by atoms with Crippen molar-refractivity contribution < 1.29 is 13.9 Å². The van der Waals surface area contributed by atoms with Gasteiger partial charge in [0.1, 0.15) is 17.6 Å². The van der Waals surface area contributed by atoms with E-state index in [2.05, 4.69) is 0 Å². The highest BCUT2D eigenvalue weighted by atomic mass is 16.5. The van der Waals surface area contributed by atoms with E-state index >= 15 is 0 Å². The van der Waals surface area contributed by atoms with Crippen LogP contribution in [0.15, 0.2) is 45.6 Å². The standard InChI is InChI=1S/C19H21NO4/c1-13-5-3-4-6-17(13)19(22)20-9-7-15(8-10-20)24-16-11-14(2)23-18(21)12-16/h3-6,11-12,15H,7-10H2,1-2H3. The maximum absolute atomic E-state index is 12.6. The molecule has 2 aromatic rings. The largest absolute Gasteiger partial charge is 0.490 e. The Kier molecular flexibility index (Phi) is 4.69. The maximum Gasteiger partial charge on any atom is 0.339 e. The Labute approximate surface area is 140 Å². The molecular formula is C19H21NO4. The van der Waals surface area contributed by atoms with Gasteiger partial charge in [-0.05, 0) is 25.5 Å². The molecule has 1 aromatic heterocycles. The summed E-state index contributed by atoms with van der Waals surface area (Å²) < 4.78 is 10.8. The quantitative estimate of drug-likeness (QED) is 0.869. The van der Waals surface area contributed by atoms with E-state index in [0.29, 0.717) is 24.6 Å². The lowest BCUT2D eigenvalue weighted by atomic mass is 10.0. The van der Waals surface area contributed by atoms with Crippen LogP contribution in [0.3, 0.4) is 0 Å². The van der Waals surface area contributed by atoms with Crippen molar-refractivity contribution in [3.05, 3.63) is 63.7 Å². The van der Waals surface area contributed by atoms with E-state index in [-0.39, 0.29) is 12.0 Å². The number of amides is 1. The van der Waals surface area contributed by atoms with Gasteiger partial charge in [-0.25, -0.2) is 4.79 Å². The molecule has 0 unspecified atom stereocenters. The molecule has 0 atom stereocenters. The molecular weight excluding hydrogens is 306 g/mol. The minimum Gasteiger partial charge on any atom is -0.490 e. The Morgan fingerprint density at radius 1 is 1.17 bits per heavy atom. The van der Waals surface area contributed by atoms with Crippen LogP contribution < -0.4 is 10.4 Å². The van der Waals surface area contributed by atoms with Gasteiger partial charge >= 0.3 is 5.63 Å². The van der Waals surface area contributed by atoms with E-state index in [1.165, 1.54) is 6.07 Å². The van der Waals surface area contributed by atoms with Gasteiger partial charge in [0.2, 0.25) is 0 Å². The lowest BCUT2D eigenvalue weighted by molar-refractivity contribution is 0.0594. The summed E-state index contributed by atoms with van der Waals surface area (Å²) in [5.41, 5.74) is 1.35. The molecule has 0 N–H and O–H groups in total. The first-order valence-electron chi connectivity index (χ1n) is 8.16. The van der Waals surface area contributed by atoms with Crippen LogP contribution in [0.5, 0.6) is 5.75 Å². The minimum atomic E-state index is -0.405. The maximum atomic E-state index is 12.6. The second-order valence-electron chi connectivity index (χ2n) is 6.15. The highest BCUT2D eigenvalue weighted by molar-refractivity contribution is 5.95. The monoisotopic (exact) mass is 327 g/mol. The predicted octanol–water partition coefficient (Wildman–Crippen LogP) is 2.94. The summed E-state index contributed by atoms with van der Waals surface area (Å²) in [5, 5.41) is 0. The first-order chi connectivity index (χ1) is 11.5. The SMILES string of the molecule is Cc1cc(OC2CCN(C(=O)c3ccccc3C)CC2)cc(=O)o1. The Hall–Kier alpha value is -2.56. The number of likely N-dealkylation sites (tertiary alicyclic amines) is 1. The summed E-state index contributed by atoms with van der Waals surface area (Å²) in [6, 6.07) is 10.7. The molecule has 1 aliphatic rings. The molecule has 0 spiro atoms. The number of aryl methyl sites for hydroxylation is 2. The van der Waals surface area contributed by atoms with Crippen LogP contribution >= 0.6 is 0 Å². The second kappa shape index (κ2) is 6.91. The Morgan fingerprint density at radius 2 is 1.88 bits per heavy atom. The van der Waals surface area contributed by atoms with Gasteiger partial charge in [-0.2, -0.15) is 0 Å². The molecule has 24 heavy (non-hydrogen) atoms. The van der Waals surface area contributed by atoms with Crippen molar-refractivity contribution in [3.63, 3.8) is 0 Å². The van der Waals surface area contributed by atoms with Gasteiger partial charge in [-0.1, -0.05) is 18.2 Å². The Morgan fingerprint density at radius 3 is 2.54 bits per heavy atom. The number of hydrogen-bond acceptors (Lipinski definition) is 4. The van der Waals surface area contributed by atoms with Crippen molar-refractivity contribution in [1.29, 1.82) is 0 Å². The fourth-order valence-electron chi connectivity index (χ4n) is 3.00. The van der Waals surface area contributed by atoms with Crippen molar-refractivity contribution in [2.45, 2.75) is 32.8 Å². The summed E-state index contributed by atoms with van der Waals surface area (Å²) in [7, 11) is 0. The molecule has 2 heterocycles. The highest BCUT2D eigenvalue weighted by Gasteiger charge is 2.25. The summed E-state index contributed by atoms with van der Waals surface area (Å²) >= 11 is 0. The zero-order valence-corrected chi connectivity index (χ0v) is 14.0. The average Bonchev–Trinajstić information content (AvgIpc) is 2.54. The van der Waals surface area contributed by atoms with Crippen molar-refractivity contribution >= 4 is 5.91 Å². The van der Waals surface area contributed by atoms with E-state index in [0.717, 1.165) is 24.0 Å². The third-order valence-corrected chi connectivity index (χ3v) is 4.27. The molecule has 1 fully saturated rings. The average molecular weight is 327 g/mol. The van der Waals surface area contributed by atoms with Crippen molar-refractivity contribution in [3.8, 4) is 5.75 Å². The fraction of sp³-hybridized carbons (Fsp3) is 0.368. The van der Waals surface area contributed by atoms with E-state index in [9.17, 15) is 9.59 Å². The number of nitrogens with zero attached hydrogens (tertiary/aromatic N) is 1. The van der Waals surface area contributed by atoms with Gasteiger partial charge in [-0.15, -0.1) is 0 Å². The third kappa shape index (κ3) is 3.67. The van der Waals surface area contributed by atoms with E-state index in [4.69, 9.17) is 9.15 Å². The third-order valence-electron chi connectivity index (χ3n) is 4.27. The van der Waals surface area contributed by atoms with Gasteiger partial charge in [0.05, 0.1) is 6.07 Å². The van der Waals surface area contributed by atoms with Crippen LogP contribution in [0.1, 0.15) is 34.5 Å². The number of carbonyl (C=O) groups is 1. The van der Waals surface area contributed by atoms with Gasteiger partial charge in [0.15, 0.2) is 0 Å². The first kappa shape index (κ1) is 16.3. The minimum absolute atomic E-state index is 0.00659. The van der Waals surface area contributed by atoms with Gasteiger partial charge in [0, 0.05) is 37.6 Å². The summed E-state index contributed by atoms with van der Waals surface area (Å²) in [5.74, 6) is 1.14. The van der Waals surface area contributed by atoms with Crippen LogP contribution in [0.25, 0.3) is 0 Å². The second-order valence-corrected chi connectivity index (χ2v) is 6.15. The molecule has 1 aromatic carbocycles. The van der Waals surface area contributed by atoms with Crippen molar-refractivity contribution in [2.75, 3.05) is 13.1 Å². The number of benzene rings is 1. The van der Waals surface area contributed by atoms with Crippen LogP contribution in [0.2, 0.25) is 0 Å². The lowest BCUT2D eigenvalue weighted by Gasteiger charge is -2.32. The van der Waals surface area contributed by atoms with Crippen LogP contribution in [0, 0.1) is 13.8 Å². The smallest absolute Gasteiger partial charge is 0.339 e. The predicted molar refractivity (Wildman–Crippen MR) is 90.4 cm³/mol. The zero-order valence-electron chi connectivity index (χ0n) is 14.0. The molecule has 1 amide bonds. The lowest BCUT2D eigenvalue weighted by Crippen LogP contribution is -2.42. The summed E-state index contributed by atoms with van der Waals surface area (Å²) in [4.78, 5) is 25.9.